The standard InChI is InChI=1S/C16H30O7S/c1-5-7-9-11(3)16(15(19)20,12(4)10-8-6-2)13(14(17)18)24(21,22)23/h11-13H,5-10H2,1-4H3,(H,17,18)(H,19,20)(H,21,22,23). The average molecular weight is 366 g/mol. The molecule has 3 N–H and O–H groups in total. The minimum absolute atomic E-state index is 0.374. The molecule has 0 heterocycles. The Kier molecular flexibility index (Phi) is 8.91. The van der Waals surface area contributed by atoms with E-state index in [2.05, 4.69) is 0 Å². The summed E-state index contributed by atoms with van der Waals surface area (Å²) in [7, 11) is -5.09. The van der Waals surface area contributed by atoms with Crippen LogP contribution >= 0.6 is 0 Å². The summed E-state index contributed by atoms with van der Waals surface area (Å²) in [5, 5.41) is 17.0. The van der Waals surface area contributed by atoms with Gasteiger partial charge in [-0.15, -0.1) is 0 Å². The van der Waals surface area contributed by atoms with Gasteiger partial charge in [0.15, 0.2) is 5.25 Å². The van der Waals surface area contributed by atoms with Crippen LogP contribution in [0.15, 0.2) is 0 Å². The molecule has 0 amide bonds. The van der Waals surface area contributed by atoms with E-state index in [0.717, 1.165) is 12.8 Å². The first kappa shape index (κ1) is 22.9. The number of carboxylic acids is 2. The molecule has 24 heavy (non-hydrogen) atoms. The Hall–Kier alpha value is -1.15. The number of aliphatic carboxylic acids is 2. The van der Waals surface area contributed by atoms with Gasteiger partial charge >= 0.3 is 11.9 Å². The largest absolute Gasteiger partial charge is 0.481 e. The highest BCUT2D eigenvalue weighted by Gasteiger charge is 2.61. The van der Waals surface area contributed by atoms with Crippen LogP contribution in [0.2, 0.25) is 0 Å². The van der Waals surface area contributed by atoms with Gasteiger partial charge in [-0.1, -0.05) is 53.4 Å². The highest BCUT2D eigenvalue weighted by molar-refractivity contribution is 7.87. The SMILES string of the molecule is CCCCC(C)C(C(=O)O)(C(C)CCCC)C(C(=O)O)S(=O)(=O)O. The predicted octanol–water partition coefficient (Wildman–Crippen LogP) is 3.05. The summed E-state index contributed by atoms with van der Waals surface area (Å²) < 4.78 is 33.1. The molecule has 0 aliphatic rings. The van der Waals surface area contributed by atoms with E-state index in [-0.39, 0.29) is 0 Å². The van der Waals surface area contributed by atoms with Gasteiger partial charge in [0.05, 0.1) is 0 Å². The van der Waals surface area contributed by atoms with Gasteiger partial charge in [-0.2, -0.15) is 8.42 Å². The smallest absolute Gasteiger partial charge is 0.325 e. The van der Waals surface area contributed by atoms with E-state index >= 15 is 0 Å². The van der Waals surface area contributed by atoms with Crippen LogP contribution in [0, 0.1) is 17.3 Å². The number of carboxylic acid groups (broad SMARTS) is 2. The molecule has 3 unspecified atom stereocenters. The molecular weight excluding hydrogens is 336 g/mol. The molecule has 0 aromatic rings. The van der Waals surface area contributed by atoms with Crippen molar-refractivity contribution in [2.75, 3.05) is 0 Å². The van der Waals surface area contributed by atoms with Crippen LogP contribution in [0.25, 0.3) is 0 Å². The molecule has 0 saturated heterocycles. The fraction of sp³-hybridized carbons (Fsp3) is 0.875. The van der Waals surface area contributed by atoms with Gasteiger partial charge in [0.25, 0.3) is 10.1 Å². The highest BCUT2D eigenvalue weighted by atomic mass is 32.2. The Morgan fingerprint density at radius 3 is 1.54 bits per heavy atom. The fourth-order valence-electron chi connectivity index (χ4n) is 3.61. The second-order valence-corrected chi connectivity index (χ2v) is 8.06. The summed E-state index contributed by atoms with van der Waals surface area (Å²) >= 11 is 0. The normalized spacial score (nSPS) is 18.4. The Balaban J connectivity index is 6.37. The molecule has 0 aromatic heterocycles. The van der Waals surface area contributed by atoms with Crippen LogP contribution in [0.1, 0.15) is 66.2 Å². The maximum Gasteiger partial charge on any atom is 0.325 e. The van der Waals surface area contributed by atoms with Crippen LogP contribution in [0.5, 0.6) is 0 Å². The van der Waals surface area contributed by atoms with Gasteiger partial charge in [-0.25, -0.2) is 0 Å². The van der Waals surface area contributed by atoms with E-state index in [1.807, 2.05) is 13.8 Å². The molecule has 0 aliphatic heterocycles. The quantitative estimate of drug-likeness (QED) is 0.453. The second-order valence-electron chi connectivity index (χ2n) is 6.56. The van der Waals surface area contributed by atoms with E-state index in [0.29, 0.717) is 25.7 Å². The van der Waals surface area contributed by atoms with Crippen LogP contribution in [-0.2, 0) is 19.7 Å². The maximum absolute atomic E-state index is 12.2. The van der Waals surface area contributed by atoms with E-state index in [1.165, 1.54) is 0 Å². The minimum atomic E-state index is -5.09. The Morgan fingerprint density at radius 1 is 0.958 bits per heavy atom. The van der Waals surface area contributed by atoms with Crippen molar-refractivity contribution in [3.63, 3.8) is 0 Å². The number of hydrogen-bond acceptors (Lipinski definition) is 4. The third-order valence-corrected chi connectivity index (χ3v) is 6.13. The Bertz CT molecular complexity index is 513. The first-order valence-corrected chi connectivity index (χ1v) is 9.90. The summed E-state index contributed by atoms with van der Waals surface area (Å²) in [6.07, 6.45) is 3.58. The van der Waals surface area contributed by atoms with Crippen molar-refractivity contribution in [3.05, 3.63) is 0 Å². The zero-order valence-electron chi connectivity index (χ0n) is 14.9. The molecule has 0 fully saturated rings. The Morgan fingerprint density at radius 2 is 1.33 bits per heavy atom. The van der Waals surface area contributed by atoms with Crippen LogP contribution in [0.4, 0.5) is 0 Å². The van der Waals surface area contributed by atoms with Crippen molar-refractivity contribution in [1.29, 1.82) is 0 Å². The molecule has 0 aliphatic carbocycles. The van der Waals surface area contributed by atoms with Crippen molar-refractivity contribution >= 4 is 22.1 Å². The molecule has 0 rings (SSSR count). The molecule has 0 radical (unpaired) electrons. The molecule has 0 saturated carbocycles. The summed E-state index contributed by atoms with van der Waals surface area (Å²) in [5.74, 6) is -4.75. The molecule has 0 aromatic carbocycles. The van der Waals surface area contributed by atoms with Crippen molar-refractivity contribution in [2.24, 2.45) is 17.3 Å². The second kappa shape index (κ2) is 9.36. The molecule has 0 spiro atoms. The molecule has 142 valence electrons. The van der Waals surface area contributed by atoms with Gasteiger partial charge in [-0.3, -0.25) is 14.1 Å². The molecule has 0 bridgehead atoms. The number of hydrogen-bond donors (Lipinski definition) is 3. The Labute approximate surface area is 144 Å². The minimum Gasteiger partial charge on any atom is -0.481 e. The third kappa shape index (κ3) is 4.92. The first-order valence-electron chi connectivity index (χ1n) is 8.40. The van der Waals surface area contributed by atoms with Gasteiger partial charge in [0.1, 0.15) is 5.41 Å². The van der Waals surface area contributed by atoms with Crippen LogP contribution in [0.3, 0.4) is 0 Å². The summed E-state index contributed by atoms with van der Waals surface area (Å²) in [6.45, 7) is 6.95. The highest BCUT2D eigenvalue weighted by Crippen LogP contribution is 2.47. The number of unbranched alkanes of at least 4 members (excludes halogenated alkanes) is 2. The van der Waals surface area contributed by atoms with Gasteiger partial charge in [-0.05, 0) is 24.7 Å². The molecular formula is C16H30O7S. The van der Waals surface area contributed by atoms with Crippen LogP contribution in [-0.4, -0.2) is 40.4 Å². The molecule has 3 atom stereocenters. The predicted molar refractivity (Wildman–Crippen MR) is 90.4 cm³/mol. The van der Waals surface area contributed by atoms with Gasteiger partial charge in [0, 0.05) is 0 Å². The van der Waals surface area contributed by atoms with Crippen molar-refractivity contribution in [1.82, 2.24) is 0 Å². The first-order chi connectivity index (χ1) is 11.0. The van der Waals surface area contributed by atoms with Crippen molar-refractivity contribution < 1.29 is 32.8 Å². The summed E-state index contributed by atoms with van der Waals surface area (Å²) in [5.41, 5.74) is -2.08. The lowest BCUT2D eigenvalue weighted by molar-refractivity contribution is -0.164. The number of carbonyl (C=O) groups is 2. The molecule has 7 nitrogen and oxygen atoms in total. The van der Waals surface area contributed by atoms with Crippen molar-refractivity contribution in [2.45, 2.75) is 71.5 Å². The fourth-order valence-corrected chi connectivity index (χ4v) is 4.93. The topological polar surface area (TPSA) is 129 Å². The summed E-state index contributed by atoms with van der Waals surface area (Å²) in [6, 6.07) is 0. The van der Waals surface area contributed by atoms with Gasteiger partial charge in [0.2, 0.25) is 0 Å². The molecule has 8 heteroatoms. The monoisotopic (exact) mass is 366 g/mol. The van der Waals surface area contributed by atoms with Crippen LogP contribution < -0.4 is 0 Å². The average Bonchev–Trinajstić information content (AvgIpc) is 2.45. The van der Waals surface area contributed by atoms with E-state index < -0.39 is 44.6 Å². The lowest BCUT2D eigenvalue weighted by Crippen LogP contribution is -2.58. The number of rotatable bonds is 12. The van der Waals surface area contributed by atoms with E-state index in [1.54, 1.807) is 13.8 Å². The lowest BCUT2D eigenvalue weighted by atomic mass is 9.62. The van der Waals surface area contributed by atoms with Gasteiger partial charge < -0.3 is 10.2 Å². The summed E-state index contributed by atoms with van der Waals surface area (Å²) in [4.78, 5) is 23.8. The zero-order chi connectivity index (χ0) is 19.1. The maximum atomic E-state index is 12.2. The van der Waals surface area contributed by atoms with E-state index in [4.69, 9.17) is 0 Å². The van der Waals surface area contributed by atoms with Crippen molar-refractivity contribution in [3.8, 4) is 0 Å². The zero-order valence-corrected chi connectivity index (χ0v) is 15.7. The van der Waals surface area contributed by atoms with E-state index in [9.17, 15) is 32.8 Å². The lowest BCUT2D eigenvalue weighted by Gasteiger charge is -2.43. The third-order valence-electron chi connectivity index (χ3n) is 4.94.